The average Bonchev–Trinajstić information content (AvgIpc) is 3.27. The standard InChI is InChI=1S/C22H34N6.HI/c1-4-26(20-9-6-5-7-10-20)14-8-12-25-22(23-3)27-15-11-19(2)21(17-27)28-16-13-24-18-28;/h5-7,9-10,13,16,18-19,21H,4,8,11-12,14-15,17H2,1-3H3,(H,23,25);1H. The molecule has 3 rings (SSSR count). The number of hydrogen-bond donors (Lipinski definition) is 1. The van der Waals surface area contributed by atoms with Crippen molar-refractivity contribution in [2.75, 3.05) is 44.7 Å². The van der Waals surface area contributed by atoms with Gasteiger partial charge in [0.2, 0.25) is 0 Å². The average molecular weight is 510 g/mol. The quantitative estimate of drug-likeness (QED) is 0.266. The van der Waals surface area contributed by atoms with E-state index in [0.717, 1.165) is 45.1 Å². The number of imidazole rings is 1. The summed E-state index contributed by atoms with van der Waals surface area (Å²) in [6.45, 7) is 9.57. The highest BCUT2D eigenvalue weighted by atomic mass is 127. The molecular weight excluding hydrogens is 475 g/mol. The number of aliphatic imine (C=N–C) groups is 1. The fourth-order valence-corrected chi connectivity index (χ4v) is 4.01. The van der Waals surface area contributed by atoms with Gasteiger partial charge in [-0.15, -0.1) is 24.0 Å². The fraction of sp³-hybridized carbons (Fsp3) is 0.545. The highest BCUT2D eigenvalue weighted by Gasteiger charge is 2.28. The summed E-state index contributed by atoms with van der Waals surface area (Å²) in [6.07, 6.45) is 8.12. The number of hydrogen-bond acceptors (Lipinski definition) is 3. The summed E-state index contributed by atoms with van der Waals surface area (Å²) in [5.74, 6) is 1.66. The summed E-state index contributed by atoms with van der Waals surface area (Å²) in [5, 5.41) is 3.58. The maximum absolute atomic E-state index is 4.54. The van der Waals surface area contributed by atoms with Crippen molar-refractivity contribution in [3.63, 3.8) is 0 Å². The number of anilines is 1. The van der Waals surface area contributed by atoms with E-state index < -0.39 is 0 Å². The van der Waals surface area contributed by atoms with E-state index in [0.29, 0.717) is 12.0 Å². The van der Waals surface area contributed by atoms with Gasteiger partial charge in [0.1, 0.15) is 0 Å². The molecule has 2 atom stereocenters. The summed E-state index contributed by atoms with van der Waals surface area (Å²) in [6, 6.07) is 11.1. The monoisotopic (exact) mass is 510 g/mol. The fourth-order valence-electron chi connectivity index (χ4n) is 4.01. The van der Waals surface area contributed by atoms with E-state index in [-0.39, 0.29) is 24.0 Å². The van der Waals surface area contributed by atoms with E-state index >= 15 is 0 Å². The number of likely N-dealkylation sites (tertiary alicyclic amines) is 1. The number of rotatable bonds is 7. The SMILES string of the molecule is CCN(CCCNC(=NC)N1CCC(C)C(n2ccnc2)C1)c1ccccc1.I. The lowest BCUT2D eigenvalue weighted by atomic mass is 9.93. The van der Waals surface area contributed by atoms with Crippen molar-refractivity contribution in [1.82, 2.24) is 19.8 Å². The third-order valence-electron chi connectivity index (χ3n) is 5.73. The third kappa shape index (κ3) is 6.35. The molecule has 2 heterocycles. The Morgan fingerprint density at radius 1 is 1.31 bits per heavy atom. The van der Waals surface area contributed by atoms with Gasteiger partial charge in [0, 0.05) is 57.9 Å². The topological polar surface area (TPSA) is 48.7 Å². The van der Waals surface area contributed by atoms with Crippen LogP contribution in [0.25, 0.3) is 0 Å². The van der Waals surface area contributed by atoms with Gasteiger partial charge in [0.05, 0.1) is 12.4 Å². The molecule has 1 aliphatic rings. The molecule has 1 aromatic heterocycles. The van der Waals surface area contributed by atoms with E-state index in [9.17, 15) is 0 Å². The van der Waals surface area contributed by atoms with Crippen LogP contribution < -0.4 is 10.2 Å². The molecule has 0 amide bonds. The normalized spacial score (nSPS) is 19.6. The Morgan fingerprint density at radius 3 is 2.76 bits per heavy atom. The van der Waals surface area contributed by atoms with Crippen LogP contribution in [0.2, 0.25) is 0 Å². The predicted molar refractivity (Wildman–Crippen MR) is 132 cm³/mol. The van der Waals surface area contributed by atoms with Crippen LogP contribution in [0.4, 0.5) is 5.69 Å². The second kappa shape index (κ2) is 12.0. The largest absolute Gasteiger partial charge is 0.372 e. The maximum Gasteiger partial charge on any atom is 0.193 e. The molecular formula is C22H35IN6. The zero-order valence-corrected chi connectivity index (χ0v) is 20.2. The lowest BCUT2D eigenvalue weighted by Gasteiger charge is -2.39. The minimum atomic E-state index is 0. The molecule has 7 heteroatoms. The van der Waals surface area contributed by atoms with E-state index in [1.807, 2.05) is 19.6 Å². The lowest BCUT2D eigenvalue weighted by Crippen LogP contribution is -2.49. The molecule has 0 aliphatic carbocycles. The van der Waals surface area contributed by atoms with Crippen LogP contribution in [0.3, 0.4) is 0 Å². The first-order valence-corrected chi connectivity index (χ1v) is 10.5. The van der Waals surface area contributed by atoms with Gasteiger partial charge < -0.3 is 19.7 Å². The van der Waals surface area contributed by atoms with Crippen LogP contribution in [0, 0.1) is 5.92 Å². The Hall–Kier alpha value is -1.77. The molecule has 0 bridgehead atoms. The van der Waals surface area contributed by atoms with Crippen LogP contribution in [-0.2, 0) is 0 Å². The smallest absolute Gasteiger partial charge is 0.193 e. The van der Waals surface area contributed by atoms with Gasteiger partial charge in [-0.05, 0) is 37.8 Å². The van der Waals surface area contributed by atoms with Gasteiger partial charge >= 0.3 is 0 Å². The minimum absolute atomic E-state index is 0. The van der Waals surface area contributed by atoms with E-state index in [1.54, 1.807) is 0 Å². The number of benzene rings is 1. The second-order valence-electron chi connectivity index (χ2n) is 7.53. The summed E-state index contributed by atoms with van der Waals surface area (Å²) in [4.78, 5) is 13.6. The molecule has 0 spiro atoms. The molecule has 2 aromatic rings. The molecule has 1 aliphatic heterocycles. The number of nitrogens with zero attached hydrogens (tertiary/aromatic N) is 5. The molecule has 1 aromatic carbocycles. The zero-order chi connectivity index (χ0) is 19.8. The Bertz CT molecular complexity index is 718. The van der Waals surface area contributed by atoms with Gasteiger partial charge in [-0.2, -0.15) is 0 Å². The number of guanidine groups is 1. The lowest BCUT2D eigenvalue weighted by molar-refractivity contribution is 0.189. The zero-order valence-electron chi connectivity index (χ0n) is 17.9. The number of nitrogens with one attached hydrogen (secondary N) is 1. The van der Waals surface area contributed by atoms with Gasteiger partial charge in [0.25, 0.3) is 0 Å². The Balaban J connectivity index is 0.00000300. The van der Waals surface area contributed by atoms with Crippen molar-refractivity contribution in [2.45, 2.75) is 32.7 Å². The first kappa shape index (κ1) is 23.5. The van der Waals surface area contributed by atoms with Gasteiger partial charge in [-0.25, -0.2) is 4.98 Å². The van der Waals surface area contributed by atoms with Crippen molar-refractivity contribution in [3.8, 4) is 0 Å². The van der Waals surface area contributed by atoms with Crippen molar-refractivity contribution in [3.05, 3.63) is 49.1 Å². The van der Waals surface area contributed by atoms with Crippen LogP contribution in [0.1, 0.15) is 32.7 Å². The van der Waals surface area contributed by atoms with Crippen LogP contribution in [0.15, 0.2) is 54.0 Å². The third-order valence-corrected chi connectivity index (χ3v) is 5.73. The molecule has 1 saturated heterocycles. The van der Waals surface area contributed by atoms with Crippen LogP contribution >= 0.6 is 24.0 Å². The minimum Gasteiger partial charge on any atom is -0.372 e. The Kier molecular flexibility index (Phi) is 9.76. The van der Waals surface area contributed by atoms with Crippen molar-refractivity contribution in [2.24, 2.45) is 10.9 Å². The van der Waals surface area contributed by atoms with Crippen LogP contribution in [0.5, 0.6) is 0 Å². The number of piperidine rings is 1. The predicted octanol–water partition coefficient (Wildman–Crippen LogP) is 3.88. The van der Waals surface area contributed by atoms with Crippen molar-refractivity contribution in [1.29, 1.82) is 0 Å². The number of halogens is 1. The number of para-hydroxylation sites is 1. The van der Waals surface area contributed by atoms with Gasteiger partial charge in [-0.1, -0.05) is 25.1 Å². The van der Waals surface area contributed by atoms with Crippen molar-refractivity contribution < 1.29 is 0 Å². The maximum atomic E-state index is 4.54. The highest BCUT2D eigenvalue weighted by Crippen LogP contribution is 2.27. The Labute approximate surface area is 192 Å². The second-order valence-corrected chi connectivity index (χ2v) is 7.53. The van der Waals surface area contributed by atoms with E-state index in [4.69, 9.17) is 0 Å². The Morgan fingerprint density at radius 2 is 2.10 bits per heavy atom. The summed E-state index contributed by atoms with van der Waals surface area (Å²) in [5.41, 5.74) is 1.29. The van der Waals surface area contributed by atoms with Gasteiger partial charge in [0.15, 0.2) is 5.96 Å². The molecule has 2 unspecified atom stereocenters. The molecule has 29 heavy (non-hydrogen) atoms. The highest BCUT2D eigenvalue weighted by molar-refractivity contribution is 14.0. The molecule has 160 valence electrons. The first-order chi connectivity index (χ1) is 13.7. The first-order valence-electron chi connectivity index (χ1n) is 10.5. The molecule has 1 N–H and O–H groups in total. The molecule has 1 fully saturated rings. The molecule has 6 nitrogen and oxygen atoms in total. The van der Waals surface area contributed by atoms with E-state index in [2.05, 4.69) is 80.0 Å². The summed E-state index contributed by atoms with van der Waals surface area (Å²) < 4.78 is 2.24. The molecule has 0 saturated carbocycles. The van der Waals surface area contributed by atoms with Crippen LogP contribution in [-0.4, -0.2) is 60.2 Å². The summed E-state index contributed by atoms with van der Waals surface area (Å²) in [7, 11) is 1.88. The van der Waals surface area contributed by atoms with Gasteiger partial charge in [-0.3, -0.25) is 4.99 Å². The number of aromatic nitrogens is 2. The molecule has 0 radical (unpaired) electrons. The van der Waals surface area contributed by atoms with E-state index in [1.165, 1.54) is 12.1 Å². The summed E-state index contributed by atoms with van der Waals surface area (Å²) >= 11 is 0. The van der Waals surface area contributed by atoms with Crippen molar-refractivity contribution >= 4 is 35.6 Å².